The van der Waals surface area contributed by atoms with Crippen molar-refractivity contribution >= 4 is 11.9 Å². The fourth-order valence-corrected chi connectivity index (χ4v) is 2.38. The van der Waals surface area contributed by atoms with E-state index in [1.807, 2.05) is 13.8 Å². The van der Waals surface area contributed by atoms with Crippen LogP contribution in [0.25, 0.3) is 0 Å². The first-order valence-corrected chi connectivity index (χ1v) is 9.09. The van der Waals surface area contributed by atoms with Gasteiger partial charge in [0.2, 0.25) is 0 Å². The van der Waals surface area contributed by atoms with Crippen LogP contribution in [0.15, 0.2) is 24.3 Å². The lowest BCUT2D eigenvalue weighted by Crippen LogP contribution is -2.18. The van der Waals surface area contributed by atoms with Gasteiger partial charge in [-0.1, -0.05) is 65.0 Å². The van der Waals surface area contributed by atoms with E-state index >= 15 is 0 Å². The van der Waals surface area contributed by atoms with E-state index in [0.717, 1.165) is 25.7 Å². The summed E-state index contributed by atoms with van der Waals surface area (Å²) in [6.45, 7) is 5.98. The molecule has 0 heterocycles. The molecule has 0 saturated carbocycles. The zero-order valence-corrected chi connectivity index (χ0v) is 15.2. The van der Waals surface area contributed by atoms with E-state index in [-0.39, 0.29) is 17.9 Å². The predicted molar refractivity (Wildman–Crippen MR) is 95.2 cm³/mol. The molecule has 1 aromatic rings. The smallest absolute Gasteiger partial charge is 0.314 e. The van der Waals surface area contributed by atoms with Crippen molar-refractivity contribution in [2.24, 2.45) is 5.92 Å². The fraction of sp³-hybridized carbons (Fsp3) is 0.600. The molecule has 0 N–H and O–H groups in total. The molecule has 1 unspecified atom stereocenters. The molecule has 0 fully saturated rings. The Hall–Kier alpha value is -1.84. The van der Waals surface area contributed by atoms with Crippen molar-refractivity contribution in [3.8, 4) is 11.5 Å². The third-order valence-electron chi connectivity index (χ3n) is 3.88. The van der Waals surface area contributed by atoms with E-state index in [0.29, 0.717) is 17.9 Å². The third kappa shape index (κ3) is 7.62. The normalized spacial score (nSPS) is 11.8. The molecule has 0 saturated heterocycles. The summed E-state index contributed by atoms with van der Waals surface area (Å²) in [7, 11) is 0. The fourth-order valence-electron chi connectivity index (χ4n) is 2.38. The number of rotatable bonds is 11. The van der Waals surface area contributed by atoms with Crippen LogP contribution in [-0.2, 0) is 9.59 Å². The lowest BCUT2D eigenvalue weighted by molar-refractivity contribution is -0.140. The maximum absolute atomic E-state index is 12.2. The molecule has 0 aliphatic rings. The zero-order chi connectivity index (χ0) is 17.8. The number of benzene rings is 1. The Balaban J connectivity index is 2.52. The summed E-state index contributed by atoms with van der Waals surface area (Å²) in [6.07, 6.45) is 7.74. The second-order valence-electron chi connectivity index (χ2n) is 6.20. The highest BCUT2D eigenvalue weighted by molar-refractivity contribution is 5.77. The molecule has 0 spiro atoms. The highest BCUT2D eigenvalue weighted by Crippen LogP contribution is 2.28. The number of unbranched alkanes of at least 4 members (excludes halogenated alkanes) is 4. The summed E-state index contributed by atoms with van der Waals surface area (Å²) in [5.74, 6) is -0.135. The van der Waals surface area contributed by atoms with Crippen molar-refractivity contribution in [1.82, 2.24) is 0 Å². The van der Waals surface area contributed by atoms with Gasteiger partial charge in [-0.2, -0.15) is 0 Å². The topological polar surface area (TPSA) is 52.6 Å². The zero-order valence-electron chi connectivity index (χ0n) is 15.2. The summed E-state index contributed by atoms with van der Waals surface area (Å²) in [5, 5.41) is 0. The number of carbonyl (C=O) groups excluding carboxylic acids is 2. The van der Waals surface area contributed by atoms with Gasteiger partial charge in [0.25, 0.3) is 0 Å². The molecule has 4 heteroatoms. The second-order valence-corrected chi connectivity index (χ2v) is 6.20. The first-order valence-electron chi connectivity index (χ1n) is 9.09. The second kappa shape index (κ2) is 11.7. The Bertz CT molecular complexity index is 510. The summed E-state index contributed by atoms with van der Waals surface area (Å²) in [4.78, 5) is 23.9. The number of hydrogen-bond acceptors (Lipinski definition) is 4. The predicted octanol–water partition coefficient (Wildman–Crippen LogP) is 5.29. The van der Waals surface area contributed by atoms with Gasteiger partial charge >= 0.3 is 11.9 Å². The first kappa shape index (κ1) is 20.2. The van der Waals surface area contributed by atoms with E-state index < -0.39 is 0 Å². The standard InChI is InChI=1S/C20H30O4/c1-4-6-7-8-9-13-16(3)20(22)24-18-15-11-10-14-17(18)23-19(21)12-5-2/h10-11,14-16H,4-9,12-13H2,1-3H3. The van der Waals surface area contributed by atoms with E-state index in [4.69, 9.17) is 9.47 Å². The number of hydrogen-bond donors (Lipinski definition) is 0. The Labute approximate surface area is 145 Å². The van der Waals surface area contributed by atoms with Crippen LogP contribution >= 0.6 is 0 Å². The minimum atomic E-state index is -0.315. The van der Waals surface area contributed by atoms with Crippen LogP contribution in [-0.4, -0.2) is 11.9 Å². The van der Waals surface area contributed by atoms with Crippen molar-refractivity contribution in [2.45, 2.75) is 72.1 Å². The highest BCUT2D eigenvalue weighted by atomic mass is 16.6. The first-order chi connectivity index (χ1) is 11.6. The molecule has 1 aromatic carbocycles. The van der Waals surface area contributed by atoms with Crippen LogP contribution < -0.4 is 9.47 Å². The van der Waals surface area contributed by atoms with E-state index in [1.54, 1.807) is 24.3 Å². The molecule has 0 aromatic heterocycles. The molecule has 0 bridgehead atoms. The molecule has 24 heavy (non-hydrogen) atoms. The molecule has 1 rings (SSSR count). The lowest BCUT2D eigenvalue weighted by atomic mass is 10.0. The molecule has 4 nitrogen and oxygen atoms in total. The van der Waals surface area contributed by atoms with Crippen LogP contribution in [0, 0.1) is 5.92 Å². The molecule has 0 radical (unpaired) electrons. The minimum absolute atomic E-state index is 0.161. The van der Waals surface area contributed by atoms with Gasteiger partial charge in [0.1, 0.15) is 0 Å². The van der Waals surface area contributed by atoms with Gasteiger partial charge in [0.05, 0.1) is 5.92 Å². The number of esters is 2. The summed E-state index contributed by atoms with van der Waals surface area (Å²) >= 11 is 0. The number of para-hydroxylation sites is 2. The van der Waals surface area contributed by atoms with E-state index in [2.05, 4.69) is 6.92 Å². The summed E-state index contributed by atoms with van der Waals surface area (Å²) in [6, 6.07) is 6.81. The Kier molecular flexibility index (Phi) is 9.81. The van der Waals surface area contributed by atoms with Gasteiger partial charge in [-0.05, 0) is 25.0 Å². The minimum Gasteiger partial charge on any atom is -0.423 e. The van der Waals surface area contributed by atoms with Crippen molar-refractivity contribution < 1.29 is 19.1 Å². The van der Waals surface area contributed by atoms with Crippen molar-refractivity contribution in [1.29, 1.82) is 0 Å². The lowest BCUT2D eigenvalue weighted by Gasteiger charge is -2.13. The molecule has 0 aliphatic heterocycles. The van der Waals surface area contributed by atoms with Crippen LogP contribution in [0.3, 0.4) is 0 Å². The van der Waals surface area contributed by atoms with Gasteiger partial charge in [-0.3, -0.25) is 9.59 Å². The van der Waals surface area contributed by atoms with E-state index in [9.17, 15) is 9.59 Å². The average Bonchev–Trinajstić information content (AvgIpc) is 2.56. The number of ether oxygens (including phenoxy) is 2. The van der Waals surface area contributed by atoms with Crippen molar-refractivity contribution in [3.63, 3.8) is 0 Å². The third-order valence-corrected chi connectivity index (χ3v) is 3.88. The van der Waals surface area contributed by atoms with Gasteiger partial charge < -0.3 is 9.47 Å². The van der Waals surface area contributed by atoms with Crippen molar-refractivity contribution in [3.05, 3.63) is 24.3 Å². The SMILES string of the molecule is CCCCCCCC(C)C(=O)Oc1ccccc1OC(=O)CCC. The Morgan fingerprint density at radius 2 is 1.54 bits per heavy atom. The van der Waals surface area contributed by atoms with Gasteiger partial charge in [-0.15, -0.1) is 0 Å². The highest BCUT2D eigenvalue weighted by Gasteiger charge is 2.18. The Morgan fingerprint density at radius 3 is 2.17 bits per heavy atom. The molecule has 0 amide bonds. The molecule has 0 aliphatic carbocycles. The van der Waals surface area contributed by atoms with Crippen LogP contribution in [0.4, 0.5) is 0 Å². The summed E-state index contributed by atoms with van der Waals surface area (Å²) in [5.41, 5.74) is 0. The maximum Gasteiger partial charge on any atom is 0.314 e. The molecule has 134 valence electrons. The van der Waals surface area contributed by atoms with Crippen molar-refractivity contribution in [2.75, 3.05) is 0 Å². The van der Waals surface area contributed by atoms with E-state index in [1.165, 1.54) is 19.3 Å². The monoisotopic (exact) mass is 334 g/mol. The molecular weight excluding hydrogens is 304 g/mol. The quantitative estimate of drug-likeness (QED) is 0.313. The molecule has 1 atom stereocenters. The van der Waals surface area contributed by atoms with Gasteiger partial charge in [-0.25, -0.2) is 0 Å². The van der Waals surface area contributed by atoms with Crippen LogP contribution in [0.1, 0.15) is 72.1 Å². The maximum atomic E-state index is 12.2. The average molecular weight is 334 g/mol. The summed E-state index contributed by atoms with van der Waals surface area (Å²) < 4.78 is 10.7. The number of carbonyl (C=O) groups is 2. The van der Waals surface area contributed by atoms with Crippen LogP contribution in [0.2, 0.25) is 0 Å². The van der Waals surface area contributed by atoms with Gasteiger partial charge in [0, 0.05) is 6.42 Å². The largest absolute Gasteiger partial charge is 0.423 e. The Morgan fingerprint density at radius 1 is 0.917 bits per heavy atom. The molecular formula is C20H30O4. The van der Waals surface area contributed by atoms with Crippen LogP contribution in [0.5, 0.6) is 11.5 Å². The van der Waals surface area contributed by atoms with Gasteiger partial charge in [0.15, 0.2) is 11.5 Å².